The Balaban J connectivity index is 2.14. The molecule has 3 aromatic rings. The maximum absolute atomic E-state index is 13.7. The van der Waals surface area contributed by atoms with Crippen LogP contribution in [0.1, 0.15) is 17.2 Å². The van der Waals surface area contributed by atoms with Crippen LogP contribution in [0.3, 0.4) is 0 Å². The van der Waals surface area contributed by atoms with E-state index in [1.165, 1.54) is 6.07 Å². The first kappa shape index (κ1) is 12.3. The summed E-state index contributed by atoms with van der Waals surface area (Å²) in [4.78, 5) is 7.16. The second kappa shape index (κ2) is 4.75. The largest absolute Gasteiger partial charge is 0.383 e. The van der Waals surface area contributed by atoms with E-state index in [0.29, 0.717) is 11.2 Å². The Morgan fingerprint density at radius 1 is 1.26 bits per heavy atom. The van der Waals surface area contributed by atoms with Crippen LogP contribution in [0, 0.1) is 5.82 Å². The van der Waals surface area contributed by atoms with E-state index in [2.05, 4.69) is 25.9 Å². The molecular weight excluding hydrogens is 311 g/mol. The molecule has 3 rings (SSSR count). The van der Waals surface area contributed by atoms with Gasteiger partial charge < -0.3 is 10.1 Å². The van der Waals surface area contributed by atoms with E-state index in [9.17, 15) is 9.50 Å². The van der Waals surface area contributed by atoms with Crippen LogP contribution in [0.25, 0.3) is 11.0 Å². The van der Waals surface area contributed by atoms with Crippen LogP contribution >= 0.6 is 15.9 Å². The Labute approximate surface area is 117 Å². The number of hydrogen-bond donors (Lipinski definition) is 2. The number of H-pyrrole nitrogens is 1. The highest BCUT2D eigenvalue weighted by Gasteiger charge is 2.18. The van der Waals surface area contributed by atoms with Crippen molar-refractivity contribution < 1.29 is 9.50 Å². The van der Waals surface area contributed by atoms with Crippen molar-refractivity contribution >= 4 is 27.0 Å². The highest BCUT2D eigenvalue weighted by atomic mass is 79.9. The molecule has 1 atom stereocenters. The summed E-state index contributed by atoms with van der Waals surface area (Å²) in [6, 6.07) is 8.05. The normalized spacial score (nSPS) is 12.8. The van der Waals surface area contributed by atoms with Gasteiger partial charge >= 0.3 is 0 Å². The fourth-order valence-corrected chi connectivity index (χ4v) is 2.42. The third-order valence-corrected chi connectivity index (χ3v) is 3.46. The fourth-order valence-electron chi connectivity index (χ4n) is 2.09. The Hall–Kier alpha value is -1.72. The van der Waals surface area contributed by atoms with E-state index in [4.69, 9.17) is 0 Å². The number of hydrogen-bond acceptors (Lipinski definition) is 2. The summed E-state index contributed by atoms with van der Waals surface area (Å²) in [5.74, 6) is -0.424. The van der Waals surface area contributed by atoms with Crippen molar-refractivity contribution in [2.45, 2.75) is 6.10 Å². The average molecular weight is 321 g/mol. The number of rotatable bonds is 2. The van der Waals surface area contributed by atoms with Crippen LogP contribution in [-0.2, 0) is 0 Å². The first-order chi connectivity index (χ1) is 9.16. The minimum atomic E-state index is -1.02. The van der Waals surface area contributed by atoms with Gasteiger partial charge in [-0.1, -0.05) is 18.2 Å². The van der Waals surface area contributed by atoms with E-state index >= 15 is 0 Å². The summed E-state index contributed by atoms with van der Waals surface area (Å²) in [6.45, 7) is 0. The molecule has 1 aromatic carbocycles. The van der Waals surface area contributed by atoms with Gasteiger partial charge in [0.1, 0.15) is 17.6 Å². The molecule has 0 fully saturated rings. The molecule has 2 N–H and O–H groups in total. The van der Waals surface area contributed by atoms with Crippen LogP contribution in [0.15, 0.2) is 47.2 Å². The lowest BCUT2D eigenvalue weighted by atomic mass is 10.0. The van der Waals surface area contributed by atoms with Gasteiger partial charge in [-0.05, 0) is 28.1 Å². The van der Waals surface area contributed by atoms with Gasteiger partial charge in [0.05, 0.1) is 0 Å². The van der Waals surface area contributed by atoms with Gasteiger partial charge in [0.15, 0.2) is 0 Å². The quantitative estimate of drug-likeness (QED) is 0.758. The molecule has 0 saturated carbocycles. The van der Waals surface area contributed by atoms with Crippen molar-refractivity contribution in [3.05, 3.63) is 64.1 Å². The molecule has 0 saturated heterocycles. The minimum absolute atomic E-state index is 0.253. The molecule has 2 aromatic heterocycles. The van der Waals surface area contributed by atoms with E-state index in [1.807, 2.05) is 6.07 Å². The van der Waals surface area contributed by atoms with Crippen LogP contribution in [-0.4, -0.2) is 15.1 Å². The highest BCUT2D eigenvalue weighted by Crippen LogP contribution is 2.30. The van der Waals surface area contributed by atoms with Gasteiger partial charge in [-0.2, -0.15) is 0 Å². The number of nitrogens with zero attached hydrogens (tertiary/aromatic N) is 1. The monoisotopic (exact) mass is 320 g/mol. The van der Waals surface area contributed by atoms with Crippen LogP contribution in [0.4, 0.5) is 4.39 Å². The first-order valence-electron chi connectivity index (χ1n) is 5.72. The molecule has 0 radical (unpaired) electrons. The smallest absolute Gasteiger partial charge is 0.137 e. The number of aliphatic hydroxyl groups excluding tert-OH is 1. The van der Waals surface area contributed by atoms with Gasteiger partial charge in [0, 0.05) is 33.4 Å². The van der Waals surface area contributed by atoms with Crippen molar-refractivity contribution in [1.29, 1.82) is 0 Å². The van der Waals surface area contributed by atoms with Crippen molar-refractivity contribution in [3.8, 4) is 0 Å². The molecule has 19 heavy (non-hydrogen) atoms. The van der Waals surface area contributed by atoms with Gasteiger partial charge in [-0.15, -0.1) is 0 Å². The number of aromatic amines is 1. The lowest BCUT2D eigenvalue weighted by molar-refractivity contribution is 0.216. The Morgan fingerprint density at radius 3 is 2.84 bits per heavy atom. The zero-order chi connectivity index (χ0) is 13.4. The summed E-state index contributed by atoms with van der Waals surface area (Å²) in [6.07, 6.45) is 2.30. The Morgan fingerprint density at radius 2 is 2.05 bits per heavy atom. The zero-order valence-electron chi connectivity index (χ0n) is 9.77. The topological polar surface area (TPSA) is 48.9 Å². The van der Waals surface area contributed by atoms with Gasteiger partial charge in [-0.25, -0.2) is 9.37 Å². The van der Waals surface area contributed by atoms with Crippen molar-refractivity contribution in [1.82, 2.24) is 9.97 Å². The third kappa shape index (κ3) is 2.15. The Kier molecular flexibility index (Phi) is 3.08. The number of benzene rings is 1. The Bertz CT molecular complexity index is 741. The maximum atomic E-state index is 13.7. The minimum Gasteiger partial charge on any atom is -0.383 e. The molecule has 0 spiro atoms. The first-order valence-corrected chi connectivity index (χ1v) is 6.51. The maximum Gasteiger partial charge on any atom is 0.137 e. The number of aliphatic hydroxyl groups is 1. The lowest BCUT2D eigenvalue weighted by Gasteiger charge is -2.11. The molecule has 3 nitrogen and oxygen atoms in total. The molecule has 0 aliphatic carbocycles. The van der Waals surface area contributed by atoms with Crippen molar-refractivity contribution in [2.24, 2.45) is 0 Å². The SMILES string of the molecule is OC(c1ccccc1F)c1c[nH]c2ncc(Br)cc12. The summed E-state index contributed by atoms with van der Waals surface area (Å²) < 4.78 is 14.5. The van der Waals surface area contributed by atoms with Gasteiger partial charge in [0.2, 0.25) is 0 Å². The van der Waals surface area contributed by atoms with E-state index in [-0.39, 0.29) is 5.56 Å². The number of aromatic nitrogens is 2. The summed E-state index contributed by atoms with van der Waals surface area (Å²) >= 11 is 3.34. The molecule has 0 bridgehead atoms. The summed E-state index contributed by atoms with van der Waals surface area (Å²) in [7, 11) is 0. The number of halogens is 2. The summed E-state index contributed by atoms with van der Waals surface area (Å²) in [5, 5.41) is 11.1. The molecule has 5 heteroatoms. The lowest BCUT2D eigenvalue weighted by Crippen LogP contribution is -2.01. The van der Waals surface area contributed by atoms with Crippen LogP contribution < -0.4 is 0 Å². The average Bonchev–Trinajstić information content (AvgIpc) is 2.81. The fraction of sp³-hybridized carbons (Fsp3) is 0.0714. The predicted molar refractivity (Wildman–Crippen MR) is 74.3 cm³/mol. The van der Waals surface area contributed by atoms with Crippen molar-refractivity contribution in [2.75, 3.05) is 0 Å². The molecule has 0 aliphatic heterocycles. The molecule has 1 unspecified atom stereocenters. The second-order valence-electron chi connectivity index (χ2n) is 4.22. The summed E-state index contributed by atoms with van der Waals surface area (Å²) in [5.41, 5.74) is 1.52. The van der Waals surface area contributed by atoms with E-state index in [0.717, 1.165) is 9.86 Å². The third-order valence-electron chi connectivity index (χ3n) is 3.02. The van der Waals surface area contributed by atoms with E-state index in [1.54, 1.807) is 30.6 Å². The number of nitrogens with one attached hydrogen (secondary N) is 1. The standard InChI is InChI=1S/C14H10BrFN2O/c15-8-5-10-11(7-18-14(10)17-6-8)13(19)9-3-1-2-4-12(9)16/h1-7,13,19H,(H,17,18). The highest BCUT2D eigenvalue weighted by molar-refractivity contribution is 9.10. The van der Waals surface area contributed by atoms with Crippen LogP contribution in [0.2, 0.25) is 0 Å². The predicted octanol–water partition coefficient (Wildman–Crippen LogP) is 3.55. The van der Waals surface area contributed by atoms with Crippen molar-refractivity contribution in [3.63, 3.8) is 0 Å². The molecular formula is C14H10BrFN2O. The van der Waals surface area contributed by atoms with E-state index < -0.39 is 11.9 Å². The van der Waals surface area contributed by atoms with Crippen LogP contribution in [0.5, 0.6) is 0 Å². The van der Waals surface area contributed by atoms with Gasteiger partial charge in [-0.3, -0.25) is 0 Å². The molecule has 0 amide bonds. The molecule has 0 aliphatic rings. The molecule has 2 heterocycles. The molecule has 96 valence electrons. The number of pyridine rings is 1. The van der Waals surface area contributed by atoms with Gasteiger partial charge in [0.25, 0.3) is 0 Å². The second-order valence-corrected chi connectivity index (χ2v) is 5.13. The number of fused-ring (bicyclic) bond motifs is 1. The zero-order valence-corrected chi connectivity index (χ0v) is 11.4.